The summed E-state index contributed by atoms with van der Waals surface area (Å²) in [5, 5.41) is 11.6. The molecule has 0 aliphatic carbocycles. The van der Waals surface area contributed by atoms with Crippen LogP contribution in [0.15, 0.2) is 18.3 Å². The topological polar surface area (TPSA) is 82.5 Å². The smallest absolute Gasteiger partial charge is 0.281 e. The van der Waals surface area contributed by atoms with Crippen molar-refractivity contribution in [2.24, 2.45) is 0 Å². The minimum Gasteiger partial charge on any atom is -0.361 e. The van der Waals surface area contributed by atoms with Crippen LogP contribution in [-0.2, 0) is 11.2 Å². The van der Waals surface area contributed by atoms with Crippen molar-refractivity contribution in [1.29, 1.82) is 0 Å². The van der Waals surface area contributed by atoms with Crippen LogP contribution in [0.5, 0.6) is 0 Å². The van der Waals surface area contributed by atoms with Crippen molar-refractivity contribution >= 4 is 22.5 Å². The van der Waals surface area contributed by atoms with Crippen LogP contribution in [0.3, 0.4) is 0 Å². The molecular formula is C15H19FN4O3. The molecule has 1 N–H and O–H groups in total. The van der Waals surface area contributed by atoms with E-state index in [2.05, 4.69) is 4.98 Å². The van der Waals surface area contributed by atoms with Gasteiger partial charge in [0.05, 0.1) is 27.9 Å². The van der Waals surface area contributed by atoms with Crippen molar-refractivity contribution < 1.29 is 14.1 Å². The largest absolute Gasteiger partial charge is 0.361 e. The number of carbonyl (C=O) groups is 1. The number of non-ortho nitro benzene ring substituents is 1. The zero-order valence-electron chi connectivity index (χ0n) is 13.5. The first-order valence-corrected chi connectivity index (χ1v) is 7.04. The number of hydrogen-bond acceptors (Lipinski definition) is 4. The van der Waals surface area contributed by atoms with Crippen molar-refractivity contribution in [3.05, 3.63) is 39.8 Å². The van der Waals surface area contributed by atoms with Crippen LogP contribution in [0, 0.1) is 15.9 Å². The highest BCUT2D eigenvalue weighted by molar-refractivity contribution is 5.93. The van der Waals surface area contributed by atoms with E-state index in [-0.39, 0.29) is 18.0 Å². The molecule has 23 heavy (non-hydrogen) atoms. The van der Waals surface area contributed by atoms with Gasteiger partial charge < -0.3 is 9.88 Å². The molecule has 8 heteroatoms. The number of likely N-dealkylation sites (N-methyl/N-ethyl adjacent to an activating group) is 2. The molecule has 124 valence electrons. The van der Waals surface area contributed by atoms with Crippen LogP contribution in [0.2, 0.25) is 0 Å². The highest BCUT2D eigenvalue weighted by Crippen LogP contribution is 2.31. The van der Waals surface area contributed by atoms with Gasteiger partial charge in [-0.1, -0.05) is 0 Å². The Kier molecular flexibility index (Phi) is 4.65. The molecule has 1 unspecified atom stereocenters. The lowest BCUT2D eigenvalue weighted by Gasteiger charge is -2.26. The molecule has 1 atom stereocenters. The molecule has 2 rings (SSSR count). The molecule has 0 radical (unpaired) electrons. The molecule has 0 aliphatic heterocycles. The number of nitro groups is 1. The van der Waals surface area contributed by atoms with E-state index in [1.54, 1.807) is 39.3 Å². The quantitative estimate of drug-likeness (QED) is 0.672. The fourth-order valence-electron chi connectivity index (χ4n) is 2.58. The zero-order valence-corrected chi connectivity index (χ0v) is 13.5. The number of nitrogens with one attached hydrogen (secondary N) is 1. The molecule has 1 heterocycles. The average molecular weight is 322 g/mol. The van der Waals surface area contributed by atoms with Gasteiger partial charge in [0.25, 0.3) is 5.69 Å². The molecule has 1 aromatic carbocycles. The maximum Gasteiger partial charge on any atom is 0.281 e. The summed E-state index contributed by atoms with van der Waals surface area (Å²) in [7, 11) is 6.86. The standard InChI is InChI=1S/C15H19FN4O3/c1-18(2)13(15(21)19(3)4)5-9-8-17-11-6-10(16)7-12(14(9)11)20(22)23/h6-8,13,17H,5H2,1-4H3. The summed E-state index contributed by atoms with van der Waals surface area (Å²) in [4.78, 5) is 29.0. The third-order valence-electron chi connectivity index (χ3n) is 3.76. The molecule has 1 amide bonds. The lowest BCUT2D eigenvalue weighted by molar-refractivity contribution is -0.383. The Bertz CT molecular complexity index is 755. The Morgan fingerprint density at radius 2 is 2.00 bits per heavy atom. The Labute approximate surface area is 132 Å². The third kappa shape index (κ3) is 3.31. The van der Waals surface area contributed by atoms with Gasteiger partial charge in [0.2, 0.25) is 5.91 Å². The van der Waals surface area contributed by atoms with Crippen LogP contribution in [0.25, 0.3) is 10.9 Å². The van der Waals surface area contributed by atoms with Crippen molar-refractivity contribution in [3.8, 4) is 0 Å². The number of amides is 1. The van der Waals surface area contributed by atoms with E-state index in [1.807, 2.05) is 0 Å². The van der Waals surface area contributed by atoms with Gasteiger partial charge in [-0.25, -0.2) is 4.39 Å². The monoisotopic (exact) mass is 322 g/mol. The van der Waals surface area contributed by atoms with Crippen molar-refractivity contribution in [3.63, 3.8) is 0 Å². The lowest BCUT2D eigenvalue weighted by atomic mass is 10.0. The minimum absolute atomic E-state index is 0.103. The highest BCUT2D eigenvalue weighted by Gasteiger charge is 2.26. The number of nitro benzene ring substituents is 1. The van der Waals surface area contributed by atoms with Gasteiger partial charge in [0.15, 0.2) is 0 Å². The third-order valence-corrected chi connectivity index (χ3v) is 3.76. The van der Waals surface area contributed by atoms with E-state index in [4.69, 9.17) is 0 Å². The number of halogens is 1. The van der Waals surface area contributed by atoms with Crippen molar-refractivity contribution in [2.45, 2.75) is 12.5 Å². The van der Waals surface area contributed by atoms with Crippen LogP contribution in [-0.4, -0.2) is 59.8 Å². The Morgan fingerprint density at radius 1 is 1.35 bits per heavy atom. The number of H-pyrrole nitrogens is 1. The van der Waals surface area contributed by atoms with E-state index >= 15 is 0 Å². The summed E-state index contributed by atoms with van der Waals surface area (Å²) < 4.78 is 13.5. The average Bonchev–Trinajstić information content (AvgIpc) is 2.85. The molecule has 0 spiro atoms. The summed E-state index contributed by atoms with van der Waals surface area (Å²) >= 11 is 0. The van der Waals surface area contributed by atoms with E-state index < -0.39 is 16.8 Å². The zero-order chi connectivity index (χ0) is 17.3. The predicted octanol–water partition coefficient (Wildman–Crippen LogP) is 1.78. The molecule has 2 aromatic rings. The summed E-state index contributed by atoms with van der Waals surface area (Å²) in [6, 6.07) is 1.65. The number of nitrogens with zero attached hydrogens (tertiary/aromatic N) is 3. The highest BCUT2D eigenvalue weighted by atomic mass is 19.1. The first-order valence-electron chi connectivity index (χ1n) is 7.04. The fraction of sp³-hybridized carbons (Fsp3) is 0.400. The number of aromatic nitrogens is 1. The van der Waals surface area contributed by atoms with Gasteiger partial charge in [0.1, 0.15) is 5.82 Å². The summed E-state index contributed by atoms with van der Waals surface area (Å²) in [5.41, 5.74) is 0.660. The molecule has 7 nitrogen and oxygen atoms in total. The maximum absolute atomic E-state index is 13.5. The van der Waals surface area contributed by atoms with Crippen molar-refractivity contribution in [1.82, 2.24) is 14.8 Å². The van der Waals surface area contributed by atoms with Crippen LogP contribution < -0.4 is 0 Å². The molecular weight excluding hydrogens is 303 g/mol. The van der Waals surface area contributed by atoms with E-state index in [9.17, 15) is 19.3 Å². The number of benzene rings is 1. The first kappa shape index (κ1) is 16.9. The first-order chi connectivity index (χ1) is 10.7. The maximum atomic E-state index is 13.5. The number of carbonyl (C=O) groups excluding carboxylic acids is 1. The molecule has 0 fully saturated rings. The van der Waals surface area contributed by atoms with Gasteiger partial charge in [-0.15, -0.1) is 0 Å². The van der Waals surface area contributed by atoms with E-state index in [0.717, 1.165) is 6.07 Å². The number of fused-ring (bicyclic) bond motifs is 1. The number of aromatic amines is 1. The van der Waals surface area contributed by atoms with Crippen LogP contribution in [0.1, 0.15) is 5.56 Å². The van der Waals surface area contributed by atoms with Gasteiger partial charge in [0, 0.05) is 20.3 Å². The number of rotatable bonds is 5. The normalized spacial score (nSPS) is 12.6. The molecule has 0 saturated carbocycles. The molecule has 0 aliphatic rings. The summed E-state index contributed by atoms with van der Waals surface area (Å²) in [6.45, 7) is 0. The Balaban J connectivity index is 2.51. The fourth-order valence-corrected chi connectivity index (χ4v) is 2.58. The Hall–Kier alpha value is -2.48. The minimum atomic E-state index is -0.675. The van der Waals surface area contributed by atoms with E-state index in [1.165, 1.54) is 11.0 Å². The summed E-state index contributed by atoms with van der Waals surface area (Å²) in [5.74, 6) is -0.778. The molecule has 1 aromatic heterocycles. The van der Waals surface area contributed by atoms with Gasteiger partial charge in [-0.05, 0) is 32.1 Å². The predicted molar refractivity (Wildman–Crippen MR) is 84.8 cm³/mol. The summed E-state index contributed by atoms with van der Waals surface area (Å²) in [6.07, 6.45) is 1.88. The number of hydrogen-bond donors (Lipinski definition) is 1. The SMILES string of the molecule is CN(C)C(=O)C(Cc1c[nH]c2cc(F)cc([N+](=O)[O-])c12)N(C)C. The van der Waals surface area contributed by atoms with Crippen molar-refractivity contribution in [2.75, 3.05) is 28.2 Å². The molecule has 0 saturated heterocycles. The van der Waals surface area contributed by atoms with E-state index in [0.29, 0.717) is 16.5 Å². The Morgan fingerprint density at radius 3 is 2.52 bits per heavy atom. The lowest BCUT2D eigenvalue weighted by Crippen LogP contribution is -2.44. The van der Waals surface area contributed by atoms with Gasteiger partial charge in [-0.3, -0.25) is 19.8 Å². The van der Waals surface area contributed by atoms with Gasteiger partial charge in [-0.2, -0.15) is 0 Å². The second-order valence-electron chi connectivity index (χ2n) is 5.83. The van der Waals surface area contributed by atoms with Crippen LogP contribution >= 0.6 is 0 Å². The second kappa shape index (κ2) is 6.33. The van der Waals surface area contributed by atoms with Crippen LogP contribution in [0.4, 0.5) is 10.1 Å². The molecule has 0 bridgehead atoms. The second-order valence-corrected chi connectivity index (χ2v) is 5.83. The van der Waals surface area contributed by atoms with Gasteiger partial charge >= 0.3 is 0 Å².